The van der Waals surface area contributed by atoms with Gasteiger partial charge in [0.25, 0.3) is 0 Å². The molecule has 2 aromatic carbocycles. The number of quaternary nitrogens is 2. The molecule has 1 aliphatic rings. The molecule has 0 saturated carbocycles. The van der Waals surface area contributed by atoms with E-state index in [1.54, 1.807) is 37.1 Å². The predicted octanol–water partition coefficient (Wildman–Crippen LogP) is 3.66. The van der Waals surface area contributed by atoms with Gasteiger partial charge in [0.1, 0.15) is 25.2 Å². The first-order valence-corrected chi connectivity index (χ1v) is 11.5. The average molecular weight is 536 g/mol. The van der Waals surface area contributed by atoms with E-state index in [1.165, 1.54) is 11.0 Å². The number of halogens is 4. The number of aliphatic imine (C=N–C) groups is 1. The van der Waals surface area contributed by atoms with Crippen LogP contribution in [0.1, 0.15) is 17.8 Å². The summed E-state index contributed by atoms with van der Waals surface area (Å²) in [5, 5.41) is 37.0. The van der Waals surface area contributed by atoms with Gasteiger partial charge in [0.05, 0.1) is 22.6 Å². The van der Waals surface area contributed by atoms with Crippen LogP contribution in [0.5, 0.6) is 0 Å². The molecule has 1 saturated heterocycles. The van der Waals surface area contributed by atoms with Gasteiger partial charge in [0, 0.05) is 37.3 Å². The van der Waals surface area contributed by atoms with Crippen molar-refractivity contribution in [3.63, 3.8) is 0 Å². The number of hydrogen-bond donors (Lipinski definition) is 1. The van der Waals surface area contributed by atoms with Gasteiger partial charge in [-0.1, -0.05) is 11.6 Å². The van der Waals surface area contributed by atoms with E-state index >= 15 is 0 Å². The Labute approximate surface area is 213 Å². The van der Waals surface area contributed by atoms with Crippen molar-refractivity contribution in [2.24, 2.45) is 19.1 Å². The second-order valence-corrected chi connectivity index (χ2v) is 9.31. The smallest absolute Gasteiger partial charge is 0.233 e. The van der Waals surface area contributed by atoms with Gasteiger partial charge in [0.2, 0.25) is 11.7 Å². The lowest BCUT2D eigenvalue weighted by atomic mass is 10.1. The summed E-state index contributed by atoms with van der Waals surface area (Å²) in [4.78, 5) is 8.48. The summed E-state index contributed by atoms with van der Waals surface area (Å²) in [6.07, 6.45) is 3.04. The van der Waals surface area contributed by atoms with Crippen molar-refractivity contribution in [2.45, 2.75) is 19.5 Å². The Kier molecular flexibility index (Phi) is 6.26. The van der Waals surface area contributed by atoms with Gasteiger partial charge < -0.3 is 10.4 Å². The van der Waals surface area contributed by atoms with Crippen molar-refractivity contribution in [3.8, 4) is 0 Å². The van der Waals surface area contributed by atoms with Crippen LogP contribution in [0, 0.1) is 27.9 Å². The van der Waals surface area contributed by atoms with Crippen LogP contribution in [0.2, 0.25) is 5.02 Å². The summed E-state index contributed by atoms with van der Waals surface area (Å²) in [5.41, 5.74) is 2.82. The molecule has 2 aromatic heterocycles. The third-order valence-corrected chi connectivity index (χ3v) is 6.22. The van der Waals surface area contributed by atoms with Crippen molar-refractivity contribution in [3.05, 3.63) is 81.1 Å². The lowest BCUT2D eigenvalue weighted by Crippen LogP contribution is -2.73. The first-order valence-electron chi connectivity index (χ1n) is 11.1. The van der Waals surface area contributed by atoms with Crippen molar-refractivity contribution in [1.29, 1.82) is 0 Å². The van der Waals surface area contributed by atoms with Crippen molar-refractivity contribution in [2.75, 3.05) is 6.54 Å². The van der Waals surface area contributed by atoms with Gasteiger partial charge in [-0.25, -0.2) is 22.9 Å². The fraction of sp³-hybridized carbons (Fsp3) is 0.273. The molecule has 1 fully saturated rings. The Morgan fingerprint density at radius 2 is 1.78 bits per heavy atom. The third kappa shape index (κ3) is 5.07. The number of nitrogens with zero attached hydrogens (tertiary/aromatic N) is 8. The number of aromatic nitrogens is 5. The maximum atomic E-state index is 14.5. The number of nitrogens with one attached hydrogen (secondary N) is 1. The highest BCUT2D eigenvalue weighted by atomic mass is 35.5. The monoisotopic (exact) mass is 535 g/mol. The Morgan fingerprint density at radius 1 is 1.03 bits per heavy atom. The van der Waals surface area contributed by atoms with Crippen molar-refractivity contribution < 1.29 is 22.7 Å². The molecule has 0 aliphatic carbocycles. The third-order valence-electron chi connectivity index (χ3n) is 5.92. The van der Waals surface area contributed by atoms with Crippen LogP contribution in [0.25, 0.3) is 10.9 Å². The van der Waals surface area contributed by atoms with E-state index in [9.17, 15) is 23.6 Å². The van der Waals surface area contributed by atoms with E-state index < -0.39 is 39.1 Å². The van der Waals surface area contributed by atoms with Crippen LogP contribution >= 0.6 is 11.6 Å². The van der Waals surface area contributed by atoms with Crippen molar-refractivity contribution >= 4 is 34.0 Å². The predicted molar refractivity (Wildman–Crippen MR) is 127 cm³/mol. The SMILES string of the molecule is Cn1cnc(C[N+]2([O-])CCC(=Nc3cc4cn(C)nc4cc3Cl)[N+]([O-])(Cc3cc(F)c(F)cc3F)N2)n1. The number of amidine groups is 1. The fourth-order valence-corrected chi connectivity index (χ4v) is 4.43. The standard InChI is InChI=1S/C22H21ClF3N9O2/c1-32-9-13-6-20(15(23)7-19(13)29-32)28-22-3-4-34(36,11-21-27-12-33(2)30-21)31-35(22,37)10-14-5-17(25)18(26)8-16(14)24/h5-9,12,31H,3-4,10-11H2,1-2H3. The van der Waals surface area contributed by atoms with Gasteiger partial charge in [-0.2, -0.15) is 19.9 Å². The Balaban J connectivity index is 1.56. The fourth-order valence-electron chi connectivity index (χ4n) is 4.23. The molecule has 0 spiro atoms. The summed E-state index contributed by atoms with van der Waals surface area (Å²) in [6.45, 7) is -1.22. The first-order chi connectivity index (χ1) is 17.4. The molecule has 1 aliphatic heterocycles. The van der Waals surface area contributed by atoms with E-state index in [-0.39, 0.29) is 41.9 Å². The molecule has 37 heavy (non-hydrogen) atoms. The minimum atomic E-state index is -1.64. The minimum Gasteiger partial charge on any atom is -0.607 e. The minimum absolute atomic E-state index is 0.104. The maximum Gasteiger partial charge on any atom is 0.233 e. The van der Waals surface area contributed by atoms with Crippen LogP contribution in [-0.4, -0.2) is 46.4 Å². The highest BCUT2D eigenvalue weighted by molar-refractivity contribution is 6.34. The van der Waals surface area contributed by atoms with E-state index in [1.807, 2.05) is 0 Å². The van der Waals surface area contributed by atoms with Gasteiger partial charge in [-0.05, 0) is 23.7 Å². The number of hydrogen-bond acceptors (Lipinski definition) is 7. The molecule has 2 unspecified atom stereocenters. The summed E-state index contributed by atoms with van der Waals surface area (Å²) in [6, 6.07) is 4.15. The second kappa shape index (κ2) is 9.16. The average Bonchev–Trinajstić information content (AvgIpc) is 3.37. The lowest BCUT2D eigenvalue weighted by molar-refractivity contribution is -1.11. The van der Waals surface area contributed by atoms with Crippen LogP contribution in [-0.2, 0) is 27.2 Å². The molecular weight excluding hydrogens is 515 g/mol. The van der Waals surface area contributed by atoms with Gasteiger partial charge in [-0.3, -0.25) is 9.36 Å². The largest absolute Gasteiger partial charge is 0.607 e. The van der Waals surface area contributed by atoms with Crippen molar-refractivity contribution in [1.82, 2.24) is 30.1 Å². The zero-order valence-electron chi connectivity index (χ0n) is 19.7. The second-order valence-electron chi connectivity index (χ2n) is 8.90. The summed E-state index contributed by atoms with van der Waals surface area (Å²) < 4.78 is 42.1. The first kappa shape index (κ1) is 25.3. The molecule has 0 amide bonds. The summed E-state index contributed by atoms with van der Waals surface area (Å²) in [7, 11) is 3.37. The molecule has 4 aromatic rings. The molecule has 0 bridgehead atoms. The number of rotatable bonds is 5. The summed E-state index contributed by atoms with van der Waals surface area (Å²) >= 11 is 6.39. The summed E-state index contributed by atoms with van der Waals surface area (Å²) in [5.74, 6) is -3.78. The highest BCUT2D eigenvalue weighted by Gasteiger charge is 2.42. The number of benzene rings is 2. The molecule has 11 nitrogen and oxygen atoms in total. The molecule has 15 heteroatoms. The van der Waals surface area contributed by atoms with E-state index in [0.29, 0.717) is 23.0 Å². The van der Waals surface area contributed by atoms with Crippen LogP contribution < -0.4 is 5.53 Å². The Morgan fingerprint density at radius 3 is 2.51 bits per heavy atom. The van der Waals surface area contributed by atoms with E-state index in [0.717, 1.165) is 0 Å². The quantitative estimate of drug-likeness (QED) is 0.237. The molecule has 0 radical (unpaired) electrons. The van der Waals surface area contributed by atoms with Crippen LogP contribution in [0.4, 0.5) is 18.9 Å². The normalized spacial score (nSPS) is 23.3. The molecular formula is C22H21ClF3N9O2. The highest BCUT2D eigenvalue weighted by Crippen LogP contribution is 2.33. The molecule has 194 valence electrons. The number of aryl methyl sites for hydroxylation is 2. The van der Waals surface area contributed by atoms with E-state index in [4.69, 9.17) is 11.6 Å². The Hall–Kier alpha value is -3.40. The van der Waals surface area contributed by atoms with E-state index in [2.05, 4.69) is 25.7 Å². The van der Waals surface area contributed by atoms with Crippen LogP contribution in [0.3, 0.4) is 0 Å². The van der Waals surface area contributed by atoms with Gasteiger partial charge in [0.15, 0.2) is 18.2 Å². The van der Waals surface area contributed by atoms with Gasteiger partial charge in [-0.15, -0.1) is 0 Å². The molecule has 3 heterocycles. The van der Waals surface area contributed by atoms with Crippen LogP contribution in [0.15, 0.2) is 41.8 Å². The van der Waals surface area contributed by atoms with Gasteiger partial charge >= 0.3 is 0 Å². The maximum absolute atomic E-state index is 14.5. The number of hydroxylamine groups is 4. The number of fused-ring (bicyclic) bond motifs is 1. The molecule has 1 N–H and O–H groups in total. The zero-order valence-corrected chi connectivity index (χ0v) is 20.5. The lowest BCUT2D eigenvalue weighted by Gasteiger charge is -2.53. The Bertz CT molecular complexity index is 1540. The molecule has 5 rings (SSSR count). The topological polar surface area (TPSA) is 119 Å². The molecule has 2 atom stereocenters. The zero-order chi connectivity index (χ0) is 26.5.